The minimum atomic E-state index is -0.467. The summed E-state index contributed by atoms with van der Waals surface area (Å²) in [5.74, 6) is 0.895. The van der Waals surface area contributed by atoms with Crippen LogP contribution in [0.1, 0.15) is 12.5 Å². The third-order valence-corrected chi connectivity index (χ3v) is 4.23. The lowest BCUT2D eigenvalue weighted by Crippen LogP contribution is -2.19. The highest BCUT2D eigenvalue weighted by Gasteiger charge is 2.28. The van der Waals surface area contributed by atoms with Gasteiger partial charge >= 0.3 is 5.69 Å². The van der Waals surface area contributed by atoms with Gasteiger partial charge in [-0.05, 0) is 43.7 Å². The average Bonchev–Trinajstić information content (AvgIpc) is 2.69. The lowest BCUT2D eigenvalue weighted by molar-refractivity contribution is -0.383. The summed E-state index contributed by atoms with van der Waals surface area (Å²) in [6.45, 7) is 4.35. The summed E-state index contributed by atoms with van der Waals surface area (Å²) in [5.41, 5.74) is 2.19. The van der Waals surface area contributed by atoms with Crippen molar-refractivity contribution >= 4 is 28.7 Å². The maximum Gasteiger partial charge on any atom is 0.354 e. The van der Waals surface area contributed by atoms with E-state index in [1.807, 2.05) is 56.3 Å². The highest BCUT2D eigenvalue weighted by atomic mass is 16.6. The molecule has 0 saturated heterocycles. The first-order valence-corrected chi connectivity index (χ1v) is 8.78. The molecule has 0 unspecified atom stereocenters. The molecule has 0 radical (unpaired) electrons. The van der Waals surface area contributed by atoms with Gasteiger partial charge in [-0.1, -0.05) is 24.3 Å². The zero-order valence-electron chi connectivity index (χ0n) is 15.9. The number of para-hydroxylation sites is 1. The number of aromatic nitrogens is 2. The fraction of sp³-hybridized carbons (Fsp3) is 0.200. The van der Waals surface area contributed by atoms with E-state index in [-0.39, 0.29) is 17.3 Å². The molecule has 0 saturated carbocycles. The minimum absolute atomic E-state index is 0.105. The minimum Gasteiger partial charge on any atom is -0.495 e. The van der Waals surface area contributed by atoms with Crippen LogP contribution < -0.4 is 15.0 Å². The standard InChI is InChI=1S/C20H21N5O3/c1-4-24(15-8-6-5-7-9-15)20-18(25(26)27)19(21-13-22-20)23-16-12-14(2)10-11-17(16)28-3/h5-13H,4H2,1-3H3,(H,21,22,23). The van der Waals surface area contributed by atoms with Gasteiger partial charge in [-0.15, -0.1) is 0 Å². The number of hydrogen-bond donors (Lipinski definition) is 1. The molecule has 28 heavy (non-hydrogen) atoms. The molecule has 0 spiro atoms. The Morgan fingerprint density at radius 1 is 1.18 bits per heavy atom. The van der Waals surface area contributed by atoms with Crippen LogP contribution in [0.2, 0.25) is 0 Å². The van der Waals surface area contributed by atoms with Crippen LogP contribution in [0.5, 0.6) is 5.75 Å². The van der Waals surface area contributed by atoms with E-state index in [0.717, 1.165) is 11.3 Å². The van der Waals surface area contributed by atoms with Gasteiger partial charge in [-0.2, -0.15) is 0 Å². The molecule has 2 aromatic carbocycles. The summed E-state index contributed by atoms with van der Waals surface area (Å²) in [6, 6.07) is 15.0. The van der Waals surface area contributed by atoms with Gasteiger partial charge in [-0.3, -0.25) is 10.1 Å². The maximum absolute atomic E-state index is 11.9. The lowest BCUT2D eigenvalue weighted by Gasteiger charge is -2.22. The van der Waals surface area contributed by atoms with Gasteiger partial charge < -0.3 is 15.0 Å². The van der Waals surface area contributed by atoms with Gasteiger partial charge in [0.25, 0.3) is 0 Å². The molecule has 8 heteroatoms. The Morgan fingerprint density at radius 3 is 2.57 bits per heavy atom. The summed E-state index contributed by atoms with van der Waals surface area (Å²) < 4.78 is 5.35. The Labute approximate surface area is 163 Å². The van der Waals surface area contributed by atoms with E-state index in [1.165, 1.54) is 6.33 Å². The van der Waals surface area contributed by atoms with Crippen molar-refractivity contribution in [2.45, 2.75) is 13.8 Å². The molecule has 0 atom stereocenters. The van der Waals surface area contributed by atoms with Gasteiger partial charge in [0.1, 0.15) is 12.1 Å². The number of nitro groups is 1. The smallest absolute Gasteiger partial charge is 0.354 e. The van der Waals surface area contributed by atoms with Crippen molar-refractivity contribution in [3.05, 3.63) is 70.5 Å². The van der Waals surface area contributed by atoms with Crippen molar-refractivity contribution in [3.63, 3.8) is 0 Å². The topological polar surface area (TPSA) is 93.4 Å². The van der Waals surface area contributed by atoms with Crippen LogP contribution >= 0.6 is 0 Å². The monoisotopic (exact) mass is 379 g/mol. The molecule has 0 aliphatic carbocycles. The van der Waals surface area contributed by atoms with Gasteiger partial charge in [0, 0.05) is 12.2 Å². The molecule has 0 amide bonds. The first-order valence-electron chi connectivity index (χ1n) is 8.78. The van der Waals surface area contributed by atoms with E-state index in [2.05, 4.69) is 15.3 Å². The van der Waals surface area contributed by atoms with Gasteiger partial charge in [-0.25, -0.2) is 9.97 Å². The van der Waals surface area contributed by atoms with Crippen LogP contribution in [0.15, 0.2) is 54.9 Å². The van der Waals surface area contributed by atoms with Crippen LogP contribution in [0, 0.1) is 17.0 Å². The van der Waals surface area contributed by atoms with E-state index in [0.29, 0.717) is 18.0 Å². The normalized spacial score (nSPS) is 10.4. The average molecular weight is 379 g/mol. The maximum atomic E-state index is 11.9. The van der Waals surface area contributed by atoms with E-state index in [1.54, 1.807) is 18.1 Å². The predicted molar refractivity (Wildman–Crippen MR) is 109 cm³/mol. The fourth-order valence-corrected chi connectivity index (χ4v) is 2.94. The highest BCUT2D eigenvalue weighted by molar-refractivity contribution is 5.79. The highest BCUT2D eigenvalue weighted by Crippen LogP contribution is 2.38. The summed E-state index contributed by atoms with van der Waals surface area (Å²) >= 11 is 0. The summed E-state index contributed by atoms with van der Waals surface area (Å²) in [4.78, 5) is 21.6. The second kappa shape index (κ2) is 8.34. The zero-order valence-corrected chi connectivity index (χ0v) is 15.9. The Bertz CT molecular complexity index is 979. The van der Waals surface area contributed by atoms with Crippen molar-refractivity contribution in [1.82, 2.24) is 9.97 Å². The molecule has 144 valence electrons. The van der Waals surface area contributed by atoms with Gasteiger partial charge in [0.05, 0.1) is 17.7 Å². The lowest BCUT2D eigenvalue weighted by atomic mass is 10.2. The Morgan fingerprint density at radius 2 is 1.93 bits per heavy atom. The summed E-state index contributed by atoms with van der Waals surface area (Å²) in [5, 5.41) is 15.0. The molecule has 3 aromatic rings. The van der Waals surface area contributed by atoms with Crippen LogP contribution in [-0.2, 0) is 0 Å². The summed E-state index contributed by atoms with van der Waals surface area (Å²) in [6.07, 6.45) is 1.32. The Kier molecular flexibility index (Phi) is 5.69. The van der Waals surface area contributed by atoms with Crippen molar-refractivity contribution in [2.75, 3.05) is 23.9 Å². The fourth-order valence-electron chi connectivity index (χ4n) is 2.94. The van der Waals surface area contributed by atoms with Crippen LogP contribution in [0.4, 0.5) is 28.7 Å². The predicted octanol–water partition coefficient (Wildman–Crippen LogP) is 4.60. The van der Waals surface area contributed by atoms with Crippen LogP contribution in [0.3, 0.4) is 0 Å². The number of ether oxygens (including phenoxy) is 1. The third kappa shape index (κ3) is 3.85. The molecule has 1 N–H and O–H groups in total. The van der Waals surface area contributed by atoms with E-state index < -0.39 is 4.92 Å². The van der Waals surface area contributed by atoms with Crippen LogP contribution in [-0.4, -0.2) is 28.5 Å². The molecule has 1 aromatic heterocycles. The molecule has 0 fully saturated rings. The number of anilines is 4. The van der Waals surface area contributed by atoms with Crippen molar-refractivity contribution in [2.24, 2.45) is 0 Å². The zero-order chi connectivity index (χ0) is 20.1. The van der Waals surface area contributed by atoms with Gasteiger partial charge in [0.2, 0.25) is 11.6 Å². The first kappa shape index (κ1) is 19.1. The molecular formula is C20H21N5O3. The number of aryl methyl sites for hydroxylation is 1. The number of rotatable bonds is 7. The third-order valence-electron chi connectivity index (χ3n) is 4.23. The summed E-state index contributed by atoms with van der Waals surface area (Å²) in [7, 11) is 1.55. The van der Waals surface area contributed by atoms with Crippen molar-refractivity contribution < 1.29 is 9.66 Å². The van der Waals surface area contributed by atoms with Crippen molar-refractivity contribution in [3.8, 4) is 5.75 Å². The van der Waals surface area contributed by atoms with E-state index in [4.69, 9.17) is 4.74 Å². The molecule has 1 heterocycles. The molecule has 0 aliphatic rings. The molecule has 8 nitrogen and oxygen atoms in total. The molecule has 3 rings (SSSR count). The Hall–Kier alpha value is -3.68. The molecule has 0 bridgehead atoms. The number of hydrogen-bond acceptors (Lipinski definition) is 7. The number of benzene rings is 2. The van der Waals surface area contributed by atoms with Crippen molar-refractivity contribution in [1.29, 1.82) is 0 Å². The number of nitrogens with one attached hydrogen (secondary N) is 1. The van der Waals surface area contributed by atoms with E-state index in [9.17, 15) is 10.1 Å². The van der Waals surface area contributed by atoms with Gasteiger partial charge in [0.15, 0.2) is 0 Å². The second-order valence-electron chi connectivity index (χ2n) is 6.06. The largest absolute Gasteiger partial charge is 0.495 e. The second-order valence-corrected chi connectivity index (χ2v) is 6.06. The number of methoxy groups -OCH3 is 1. The molecular weight excluding hydrogens is 358 g/mol. The number of nitrogens with zero attached hydrogens (tertiary/aromatic N) is 4. The SMILES string of the molecule is CCN(c1ccccc1)c1ncnc(Nc2cc(C)ccc2OC)c1[N+](=O)[O-]. The van der Waals surface area contributed by atoms with E-state index >= 15 is 0 Å². The van der Waals surface area contributed by atoms with Crippen LogP contribution in [0.25, 0.3) is 0 Å². The Balaban J connectivity index is 2.10. The molecule has 0 aliphatic heterocycles. The first-order chi connectivity index (χ1) is 13.5. The quantitative estimate of drug-likeness (QED) is 0.473.